The van der Waals surface area contributed by atoms with E-state index in [9.17, 15) is 9.90 Å². The van der Waals surface area contributed by atoms with E-state index in [-0.39, 0.29) is 5.78 Å². The molecule has 1 aliphatic carbocycles. The topological polar surface area (TPSA) is 37.3 Å². The van der Waals surface area contributed by atoms with Crippen LogP contribution in [0.25, 0.3) is 0 Å². The first-order valence-electron chi connectivity index (χ1n) is 8.84. The van der Waals surface area contributed by atoms with Crippen molar-refractivity contribution in [2.75, 3.05) is 0 Å². The van der Waals surface area contributed by atoms with Gasteiger partial charge in [-0.25, -0.2) is 0 Å². The number of hydrogen-bond donors (Lipinski definition) is 1. The summed E-state index contributed by atoms with van der Waals surface area (Å²) in [4.78, 5) is 12.2. The minimum atomic E-state index is -0.979. The van der Waals surface area contributed by atoms with Crippen LogP contribution in [0.3, 0.4) is 0 Å². The standard InChI is InChI=1S/C18H34O2/c1-3-4-5-6-7-8-9-10-11-17(19)18(20)14-12-16(2)13-15-18/h16,20H,3-15H2,1-2H3. The van der Waals surface area contributed by atoms with E-state index in [0.29, 0.717) is 25.2 Å². The van der Waals surface area contributed by atoms with Crippen molar-refractivity contribution in [2.24, 2.45) is 5.92 Å². The lowest BCUT2D eigenvalue weighted by Crippen LogP contribution is -2.41. The van der Waals surface area contributed by atoms with Crippen LogP contribution in [0.1, 0.15) is 97.3 Å². The number of carbonyl (C=O) groups excluding carboxylic acids is 1. The van der Waals surface area contributed by atoms with Crippen molar-refractivity contribution in [1.82, 2.24) is 0 Å². The first-order chi connectivity index (χ1) is 9.58. The van der Waals surface area contributed by atoms with E-state index < -0.39 is 5.60 Å². The molecule has 0 amide bonds. The molecule has 0 unspecified atom stereocenters. The number of rotatable bonds is 10. The van der Waals surface area contributed by atoms with Gasteiger partial charge in [-0.05, 0) is 38.0 Å². The van der Waals surface area contributed by atoms with E-state index in [0.717, 1.165) is 25.7 Å². The van der Waals surface area contributed by atoms with Crippen LogP contribution in [-0.4, -0.2) is 16.5 Å². The Balaban J connectivity index is 2.05. The third-order valence-corrected chi connectivity index (χ3v) is 4.88. The summed E-state index contributed by atoms with van der Waals surface area (Å²) < 4.78 is 0. The van der Waals surface area contributed by atoms with Gasteiger partial charge in [0, 0.05) is 6.42 Å². The molecule has 0 saturated heterocycles. The molecule has 0 bridgehead atoms. The second kappa shape index (κ2) is 9.55. The van der Waals surface area contributed by atoms with E-state index in [1.807, 2.05) is 0 Å². The van der Waals surface area contributed by atoms with Crippen LogP contribution < -0.4 is 0 Å². The van der Waals surface area contributed by atoms with Crippen LogP contribution in [0.5, 0.6) is 0 Å². The van der Waals surface area contributed by atoms with Gasteiger partial charge in [-0.2, -0.15) is 0 Å². The highest BCUT2D eigenvalue weighted by Crippen LogP contribution is 2.33. The van der Waals surface area contributed by atoms with Crippen LogP contribution in [-0.2, 0) is 4.79 Å². The Bertz CT molecular complexity index is 265. The van der Waals surface area contributed by atoms with Crippen LogP contribution >= 0.6 is 0 Å². The lowest BCUT2D eigenvalue weighted by Gasteiger charge is -2.33. The second-order valence-corrected chi connectivity index (χ2v) is 6.86. The Hall–Kier alpha value is -0.370. The molecule has 1 aliphatic rings. The van der Waals surface area contributed by atoms with Gasteiger partial charge >= 0.3 is 0 Å². The zero-order chi connectivity index (χ0) is 14.8. The monoisotopic (exact) mass is 282 g/mol. The Labute approximate surface area is 125 Å². The molecule has 0 aromatic heterocycles. The highest BCUT2D eigenvalue weighted by Gasteiger charge is 2.37. The molecule has 0 atom stereocenters. The van der Waals surface area contributed by atoms with Crippen LogP contribution in [0, 0.1) is 5.92 Å². The summed E-state index contributed by atoms with van der Waals surface area (Å²) in [6, 6.07) is 0. The third kappa shape index (κ3) is 6.39. The molecular weight excluding hydrogens is 248 g/mol. The van der Waals surface area contributed by atoms with Crippen molar-refractivity contribution in [3.8, 4) is 0 Å². The summed E-state index contributed by atoms with van der Waals surface area (Å²) in [7, 11) is 0. The molecule has 1 rings (SSSR count). The van der Waals surface area contributed by atoms with Gasteiger partial charge in [-0.3, -0.25) is 4.79 Å². The van der Waals surface area contributed by atoms with Gasteiger partial charge in [-0.1, -0.05) is 58.8 Å². The predicted octanol–water partition coefficient (Wildman–Crippen LogP) is 5.03. The van der Waals surface area contributed by atoms with Gasteiger partial charge < -0.3 is 5.11 Å². The fourth-order valence-corrected chi connectivity index (χ4v) is 3.17. The molecular formula is C18H34O2. The summed E-state index contributed by atoms with van der Waals surface area (Å²) >= 11 is 0. The molecule has 0 aliphatic heterocycles. The highest BCUT2D eigenvalue weighted by molar-refractivity contribution is 5.87. The molecule has 0 spiro atoms. The van der Waals surface area contributed by atoms with Gasteiger partial charge in [0.25, 0.3) is 0 Å². The number of Topliss-reactive ketones (excluding diaryl/α,β-unsaturated/α-hetero) is 1. The molecule has 2 heteroatoms. The molecule has 0 aromatic rings. The summed E-state index contributed by atoms with van der Waals surface area (Å²) in [5.41, 5.74) is -0.979. The number of unbranched alkanes of at least 4 members (excludes halogenated alkanes) is 7. The maximum atomic E-state index is 12.2. The molecule has 2 nitrogen and oxygen atoms in total. The number of hydrogen-bond acceptors (Lipinski definition) is 2. The van der Waals surface area contributed by atoms with Gasteiger partial charge in [0.05, 0.1) is 0 Å². The maximum absolute atomic E-state index is 12.2. The average molecular weight is 282 g/mol. The van der Waals surface area contributed by atoms with Crippen LogP contribution in [0.4, 0.5) is 0 Å². The molecule has 20 heavy (non-hydrogen) atoms. The fraction of sp³-hybridized carbons (Fsp3) is 0.944. The first-order valence-corrected chi connectivity index (χ1v) is 8.84. The van der Waals surface area contributed by atoms with E-state index in [1.54, 1.807) is 0 Å². The molecule has 0 aromatic carbocycles. The molecule has 118 valence electrons. The molecule has 1 saturated carbocycles. The van der Waals surface area contributed by atoms with Crippen LogP contribution in [0.2, 0.25) is 0 Å². The summed E-state index contributed by atoms with van der Waals surface area (Å²) in [6.07, 6.45) is 13.9. The Morgan fingerprint density at radius 3 is 2.05 bits per heavy atom. The fourth-order valence-electron chi connectivity index (χ4n) is 3.17. The van der Waals surface area contributed by atoms with E-state index in [1.165, 1.54) is 38.5 Å². The van der Waals surface area contributed by atoms with Crippen LogP contribution in [0.15, 0.2) is 0 Å². The summed E-state index contributed by atoms with van der Waals surface area (Å²) in [6.45, 7) is 4.45. The van der Waals surface area contributed by atoms with Gasteiger partial charge in [0.15, 0.2) is 5.78 Å². The lowest BCUT2D eigenvalue weighted by atomic mass is 9.76. The van der Waals surface area contributed by atoms with E-state index in [2.05, 4.69) is 13.8 Å². The summed E-state index contributed by atoms with van der Waals surface area (Å²) in [5.74, 6) is 0.779. The van der Waals surface area contributed by atoms with Crippen molar-refractivity contribution in [3.63, 3.8) is 0 Å². The molecule has 0 heterocycles. The molecule has 1 N–H and O–H groups in total. The second-order valence-electron chi connectivity index (χ2n) is 6.86. The quantitative estimate of drug-likeness (QED) is 0.571. The Morgan fingerprint density at radius 1 is 1.00 bits per heavy atom. The molecule has 0 radical (unpaired) electrons. The first kappa shape index (κ1) is 17.7. The van der Waals surface area contributed by atoms with Crippen molar-refractivity contribution < 1.29 is 9.90 Å². The van der Waals surface area contributed by atoms with Crippen molar-refractivity contribution in [2.45, 2.75) is 103 Å². The third-order valence-electron chi connectivity index (χ3n) is 4.88. The summed E-state index contributed by atoms with van der Waals surface area (Å²) in [5, 5.41) is 10.4. The minimum Gasteiger partial charge on any atom is -0.382 e. The van der Waals surface area contributed by atoms with Crippen molar-refractivity contribution in [3.05, 3.63) is 0 Å². The van der Waals surface area contributed by atoms with E-state index >= 15 is 0 Å². The number of aliphatic hydroxyl groups is 1. The SMILES string of the molecule is CCCCCCCCCCC(=O)C1(O)CCC(C)CC1. The largest absolute Gasteiger partial charge is 0.382 e. The Kier molecular flexibility index (Phi) is 8.44. The van der Waals surface area contributed by atoms with Crippen molar-refractivity contribution in [1.29, 1.82) is 0 Å². The normalized spacial score (nSPS) is 26.6. The Morgan fingerprint density at radius 2 is 1.50 bits per heavy atom. The van der Waals surface area contributed by atoms with Gasteiger partial charge in [0.1, 0.15) is 5.60 Å². The zero-order valence-electron chi connectivity index (χ0n) is 13.6. The van der Waals surface area contributed by atoms with Crippen molar-refractivity contribution >= 4 is 5.78 Å². The smallest absolute Gasteiger partial charge is 0.164 e. The number of ketones is 1. The van der Waals surface area contributed by atoms with Gasteiger partial charge in [-0.15, -0.1) is 0 Å². The molecule has 1 fully saturated rings. The minimum absolute atomic E-state index is 0.107. The number of carbonyl (C=O) groups is 1. The predicted molar refractivity (Wildman–Crippen MR) is 84.8 cm³/mol. The zero-order valence-corrected chi connectivity index (χ0v) is 13.6. The lowest BCUT2D eigenvalue weighted by molar-refractivity contribution is -0.141. The maximum Gasteiger partial charge on any atom is 0.164 e. The highest BCUT2D eigenvalue weighted by atomic mass is 16.3. The average Bonchev–Trinajstić information content (AvgIpc) is 2.45. The van der Waals surface area contributed by atoms with E-state index in [4.69, 9.17) is 0 Å². The van der Waals surface area contributed by atoms with Gasteiger partial charge in [0.2, 0.25) is 0 Å².